The zero-order chi connectivity index (χ0) is 15.9. The second kappa shape index (κ2) is 5.55. The standard InChI is InChI=1S/C15H21N3O3S/c1-10-6-4-5-9-18(10)22(19,20)14-8-7-13(21-14)15-11(2)12(3)16-17-15/h7-8,10H,4-6,9H2,1-3H3,(H,16,17)/t10-/m0/s1. The normalized spacial score (nSPS) is 20.4. The van der Waals surface area contributed by atoms with Crippen LogP contribution in [0.15, 0.2) is 21.6 Å². The molecule has 1 fully saturated rings. The van der Waals surface area contributed by atoms with Crippen LogP contribution in [0.25, 0.3) is 11.5 Å². The van der Waals surface area contributed by atoms with Gasteiger partial charge in [-0.2, -0.15) is 9.40 Å². The average Bonchev–Trinajstić information content (AvgIpc) is 3.08. The van der Waals surface area contributed by atoms with Crippen LogP contribution in [0.1, 0.15) is 37.4 Å². The molecule has 6 nitrogen and oxygen atoms in total. The second-order valence-corrected chi connectivity index (χ2v) is 7.72. The second-order valence-electron chi connectivity index (χ2n) is 5.90. The van der Waals surface area contributed by atoms with Gasteiger partial charge in [-0.25, -0.2) is 8.42 Å². The van der Waals surface area contributed by atoms with E-state index in [1.165, 1.54) is 6.07 Å². The van der Waals surface area contributed by atoms with Gasteiger partial charge in [0.05, 0.1) is 0 Å². The van der Waals surface area contributed by atoms with Crippen LogP contribution in [-0.2, 0) is 10.0 Å². The van der Waals surface area contributed by atoms with E-state index in [9.17, 15) is 8.42 Å². The van der Waals surface area contributed by atoms with E-state index in [1.807, 2.05) is 20.8 Å². The molecule has 120 valence electrons. The number of aromatic amines is 1. The minimum absolute atomic E-state index is 0.00342. The van der Waals surface area contributed by atoms with Crippen LogP contribution in [-0.4, -0.2) is 35.5 Å². The highest BCUT2D eigenvalue weighted by Gasteiger charge is 2.33. The first kappa shape index (κ1) is 15.3. The topological polar surface area (TPSA) is 79.2 Å². The van der Waals surface area contributed by atoms with Gasteiger partial charge in [-0.15, -0.1) is 0 Å². The zero-order valence-electron chi connectivity index (χ0n) is 13.1. The molecule has 2 aromatic rings. The Labute approximate surface area is 130 Å². The maximum atomic E-state index is 12.7. The number of furan rings is 1. The summed E-state index contributed by atoms with van der Waals surface area (Å²) in [4.78, 5) is 0. The molecule has 0 unspecified atom stereocenters. The Morgan fingerprint density at radius 3 is 2.73 bits per heavy atom. The molecular formula is C15H21N3O3S. The van der Waals surface area contributed by atoms with E-state index in [0.29, 0.717) is 18.0 Å². The van der Waals surface area contributed by atoms with E-state index in [0.717, 1.165) is 30.5 Å². The third-order valence-corrected chi connectivity index (χ3v) is 6.26. The van der Waals surface area contributed by atoms with Gasteiger partial charge < -0.3 is 4.42 Å². The number of aryl methyl sites for hydroxylation is 1. The lowest BCUT2D eigenvalue weighted by atomic mass is 10.1. The van der Waals surface area contributed by atoms with Crippen molar-refractivity contribution in [2.24, 2.45) is 0 Å². The van der Waals surface area contributed by atoms with Crippen molar-refractivity contribution in [2.45, 2.75) is 51.2 Å². The van der Waals surface area contributed by atoms with Crippen LogP contribution in [0.2, 0.25) is 0 Å². The molecule has 2 aromatic heterocycles. The van der Waals surface area contributed by atoms with Crippen LogP contribution in [0.5, 0.6) is 0 Å². The summed E-state index contributed by atoms with van der Waals surface area (Å²) in [5.74, 6) is 0.477. The number of hydrogen-bond acceptors (Lipinski definition) is 4. The van der Waals surface area contributed by atoms with Crippen molar-refractivity contribution >= 4 is 10.0 Å². The number of nitrogens with one attached hydrogen (secondary N) is 1. The molecule has 0 radical (unpaired) electrons. The Hall–Kier alpha value is -1.60. The molecule has 0 aliphatic carbocycles. The van der Waals surface area contributed by atoms with E-state index in [1.54, 1.807) is 10.4 Å². The monoisotopic (exact) mass is 323 g/mol. The summed E-state index contributed by atoms with van der Waals surface area (Å²) in [6.07, 6.45) is 2.86. The summed E-state index contributed by atoms with van der Waals surface area (Å²) in [5.41, 5.74) is 2.57. The van der Waals surface area contributed by atoms with Gasteiger partial charge in [-0.05, 0) is 45.7 Å². The van der Waals surface area contributed by atoms with E-state index < -0.39 is 10.0 Å². The van der Waals surface area contributed by atoms with Crippen molar-refractivity contribution < 1.29 is 12.8 Å². The fourth-order valence-corrected chi connectivity index (χ4v) is 4.47. The Morgan fingerprint density at radius 2 is 2.09 bits per heavy atom. The smallest absolute Gasteiger partial charge is 0.276 e. The van der Waals surface area contributed by atoms with Crippen molar-refractivity contribution in [1.29, 1.82) is 0 Å². The van der Waals surface area contributed by atoms with Gasteiger partial charge in [-0.3, -0.25) is 5.10 Å². The van der Waals surface area contributed by atoms with Crippen molar-refractivity contribution in [1.82, 2.24) is 14.5 Å². The lowest BCUT2D eigenvalue weighted by Gasteiger charge is -2.31. The number of rotatable bonds is 3. The summed E-state index contributed by atoms with van der Waals surface area (Å²) in [7, 11) is -3.58. The van der Waals surface area contributed by atoms with Crippen molar-refractivity contribution in [3.8, 4) is 11.5 Å². The number of nitrogens with zero attached hydrogens (tertiary/aromatic N) is 2. The van der Waals surface area contributed by atoms with Crippen LogP contribution in [0.4, 0.5) is 0 Å². The zero-order valence-corrected chi connectivity index (χ0v) is 13.9. The molecule has 1 aliphatic heterocycles. The minimum Gasteiger partial charge on any atom is -0.442 e. The largest absolute Gasteiger partial charge is 0.442 e. The maximum absolute atomic E-state index is 12.7. The molecule has 7 heteroatoms. The van der Waals surface area contributed by atoms with E-state index >= 15 is 0 Å². The van der Waals surface area contributed by atoms with Gasteiger partial charge >= 0.3 is 0 Å². The maximum Gasteiger partial charge on any atom is 0.276 e. The molecule has 1 aliphatic rings. The highest BCUT2D eigenvalue weighted by Crippen LogP contribution is 2.30. The average molecular weight is 323 g/mol. The predicted molar refractivity (Wildman–Crippen MR) is 83.0 cm³/mol. The van der Waals surface area contributed by atoms with Gasteiger partial charge in [0.1, 0.15) is 5.69 Å². The highest BCUT2D eigenvalue weighted by atomic mass is 32.2. The Balaban J connectivity index is 1.94. The number of H-pyrrole nitrogens is 1. The summed E-state index contributed by atoms with van der Waals surface area (Å²) in [6, 6.07) is 3.21. The number of sulfonamides is 1. The van der Waals surface area contributed by atoms with Gasteiger partial charge in [0.15, 0.2) is 5.76 Å². The molecule has 1 saturated heterocycles. The summed E-state index contributed by atoms with van der Waals surface area (Å²) >= 11 is 0. The molecule has 22 heavy (non-hydrogen) atoms. The SMILES string of the molecule is Cc1[nH]nc(-c2ccc(S(=O)(=O)N3CCCC[C@@H]3C)o2)c1C. The molecule has 0 amide bonds. The van der Waals surface area contributed by atoms with Crippen molar-refractivity contribution in [2.75, 3.05) is 6.54 Å². The van der Waals surface area contributed by atoms with Crippen LogP contribution in [0.3, 0.4) is 0 Å². The third-order valence-electron chi connectivity index (χ3n) is 4.37. The Morgan fingerprint density at radius 1 is 1.32 bits per heavy atom. The molecule has 0 bridgehead atoms. The van der Waals surface area contributed by atoms with Gasteiger partial charge in [0.2, 0.25) is 5.09 Å². The first-order valence-electron chi connectivity index (χ1n) is 7.55. The molecule has 1 N–H and O–H groups in total. The molecule has 3 rings (SSSR count). The quantitative estimate of drug-likeness (QED) is 0.942. The fourth-order valence-electron chi connectivity index (χ4n) is 2.86. The lowest BCUT2D eigenvalue weighted by molar-refractivity contribution is 0.262. The lowest BCUT2D eigenvalue weighted by Crippen LogP contribution is -2.41. The molecule has 1 atom stereocenters. The van der Waals surface area contributed by atoms with E-state index in [2.05, 4.69) is 10.2 Å². The predicted octanol–water partition coefficient (Wildman–Crippen LogP) is 2.85. The molecule has 0 saturated carbocycles. The molecule has 0 aromatic carbocycles. The van der Waals surface area contributed by atoms with E-state index in [-0.39, 0.29) is 11.1 Å². The van der Waals surface area contributed by atoms with Crippen LogP contribution >= 0.6 is 0 Å². The highest BCUT2D eigenvalue weighted by molar-refractivity contribution is 7.89. The fraction of sp³-hybridized carbons (Fsp3) is 0.533. The minimum atomic E-state index is -3.58. The Bertz CT molecular complexity index is 776. The van der Waals surface area contributed by atoms with Crippen molar-refractivity contribution in [3.63, 3.8) is 0 Å². The van der Waals surface area contributed by atoms with Crippen LogP contribution in [0, 0.1) is 13.8 Å². The van der Waals surface area contributed by atoms with E-state index in [4.69, 9.17) is 4.42 Å². The third kappa shape index (κ3) is 2.48. The molecular weight excluding hydrogens is 302 g/mol. The number of piperidine rings is 1. The molecule has 0 spiro atoms. The summed E-state index contributed by atoms with van der Waals surface area (Å²) in [5, 5.41) is 7.06. The molecule has 3 heterocycles. The number of hydrogen-bond donors (Lipinski definition) is 1. The summed E-state index contributed by atoms with van der Waals surface area (Å²) in [6.45, 7) is 6.35. The Kier molecular flexibility index (Phi) is 3.86. The number of aromatic nitrogens is 2. The van der Waals surface area contributed by atoms with Gasteiger partial charge in [0, 0.05) is 23.8 Å². The van der Waals surface area contributed by atoms with Gasteiger partial charge in [0.25, 0.3) is 10.0 Å². The first-order chi connectivity index (χ1) is 10.4. The van der Waals surface area contributed by atoms with Crippen molar-refractivity contribution in [3.05, 3.63) is 23.4 Å². The van der Waals surface area contributed by atoms with Crippen LogP contribution < -0.4 is 0 Å². The summed E-state index contributed by atoms with van der Waals surface area (Å²) < 4.78 is 32.6. The van der Waals surface area contributed by atoms with Gasteiger partial charge in [-0.1, -0.05) is 6.42 Å². The first-order valence-corrected chi connectivity index (χ1v) is 8.99.